The lowest BCUT2D eigenvalue weighted by molar-refractivity contribution is 0.764. The highest BCUT2D eigenvalue weighted by Gasteiger charge is 2.08. The lowest BCUT2D eigenvalue weighted by Crippen LogP contribution is -1.95. The molecule has 0 aliphatic carbocycles. The Kier molecular flexibility index (Phi) is 2.82. The molecule has 0 aromatic carbocycles. The Bertz CT molecular complexity index is 520. The van der Waals surface area contributed by atoms with Crippen molar-refractivity contribution in [3.63, 3.8) is 0 Å². The van der Waals surface area contributed by atoms with Gasteiger partial charge in [-0.15, -0.1) is 10.2 Å². The molecule has 0 spiro atoms. The van der Waals surface area contributed by atoms with Crippen LogP contribution in [0, 0.1) is 13.8 Å². The maximum atomic E-state index is 5.82. The van der Waals surface area contributed by atoms with Gasteiger partial charge in [0.2, 0.25) is 0 Å². The van der Waals surface area contributed by atoms with Gasteiger partial charge in [-0.25, -0.2) is 4.98 Å². The first-order valence-corrected chi connectivity index (χ1v) is 5.65. The van der Waals surface area contributed by atoms with Gasteiger partial charge in [0.25, 0.3) is 0 Å². The summed E-state index contributed by atoms with van der Waals surface area (Å²) in [6, 6.07) is 1.85. The van der Waals surface area contributed by atoms with E-state index in [9.17, 15) is 0 Å². The van der Waals surface area contributed by atoms with Crippen molar-refractivity contribution >= 4 is 17.4 Å². The fourth-order valence-electron chi connectivity index (χ4n) is 1.15. The lowest BCUT2D eigenvalue weighted by Gasteiger charge is -2.03. The molecule has 2 N–H and O–H groups in total. The molecule has 2 aromatic rings. The molecule has 0 aliphatic heterocycles. The largest absolute Gasteiger partial charge is 0.398 e. The van der Waals surface area contributed by atoms with Gasteiger partial charge >= 0.3 is 0 Å². The van der Waals surface area contributed by atoms with Gasteiger partial charge in [-0.05, 0) is 37.2 Å². The molecule has 5 nitrogen and oxygen atoms in total. The summed E-state index contributed by atoms with van der Waals surface area (Å²) >= 11 is 1.46. The van der Waals surface area contributed by atoms with E-state index < -0.39 is 0 Å². The van der Waals surface area contributed by atoms with Crippen molar-refractivity contribution in [1.29, 1.82) is 0 Å². The predicted molar refractivity (Wildman–Crippen MR) is 63.2 cm³/mol. The van der Waals surface area contributed by atoms with E-state index in [-0.39, 0.29) is 0 Å². The Morgan fingerprint density at radius 3 is 2.62 bits per heavy atom. The van der Waals surface area contributed by atoms with Crippen LogP contribution >= 0.6 is 11.8 Å². The molecule has 6 heteroatoms. The van der Waals surface area contributed by atoms with Crippen LogP contribution in [0.5, 0.6) is 0 Å². The van der Waals surface area contributed by atoms with Gasteiger partial charge < -0.3 is 10.3 Å². The second-order valence-electron chi connectivity index (χ2n) is 3.57. The average molecular weight is 235 g/mol. The van der Waals surface area contributed by atoms with Crippen molar-refractivity contribution in [2.45, 2.75) is 24.0 Å². The van der Waals surface area contributed by atoms with E-state index in [1.54, 1.807) is 6.20 Å². The van der Waals surface area contributed by atoms with Crippen LogP contribution in [0.4, 0.5) is 5.69 Å². The summed E-state index contributed by atoms with van der Waals surface area (Å²) in [6.45, 7) is 3.84. The first kappa shape index (κ1) is 10.9. The summed E-state index contributed by atoms with van der Waals surface area (Å²) in [5, 5.41) is 9.69. The Labute approximate surface area is 98.1 Å². The molecule has 0 bridgehead atoms. The maximum absolute atomic E-state index is 5.82. The topological polar surface area (TPSA) is 69.6 Å². The van der Waals surface area contributed by atoms with E-state index in [0.717, 1.165) is 27.3 Å². The molecule has 0 aliphatic rings. The lowest BCUT2D eigenvalue weighted by atomic mass is 10.3. The molecular weight excluding hydrogens is 222 g/mol. The minimum absolute atomic E-state index is 0.747. The quantitative estimate of drug-likeness (QED) is 0.855. The van der Waals surface area contributed by atoms with Crippen molar-refractivity contribution in [1.82, 2.24) is 19.7 Å². The van der Waals surface area contributed by atoms with Gasteiger partial charge in [-0.3, -0.25) is 0 Å². The minimum atomic E-state index is 0.747. The van der Waals surface area contributed by atoms with Crippen LogP contribution in [0.15, 0.2) is 22.4 Å². The monoisotopic (exact) mass is 235 g/mol. The number of nitrogens with two attached hydrogens (primary N) is 1. The number of hydrogen-bond acceptors (Lipinski definition) is 5. The number of anilines is 1. The van der Waals surface area contributed by atoms with Gasteiger partial charge in [0.05, 0.1) is 0 Å². The molecule has 2 heterocycles. The Morgan fingerprint density at radius 2 is 2.06 bits per heavy atom. The summed E-state index contributed by atoms with van der Waals surface area (Å²) in [7, 11) is 1.93. The number of rotatable bonds is 2. The normalized spacial score (nSPS) is 10.7. The van der Waals surface area contributed by atoms with Crippen LogP contribution in [-0.2, 0) is 7.05 Å². The third-order valence-corrected chi connectivity index (χ3v) is 3.34. The number of hydrogen-bond donors (Lipinski definition) is 1. The zero-order chi connectivity index (χ0) is 11.7. The fraction of sp³-hybridized carbons (Fsp3) is 0.300. The SMILES string of the molecule is Cc1cnc(Sc2nnc(C)n2C)cc1N. The summed E-state index contributed by atoms with van der Waals surface area (Å²) in [5.41, 5.74) is 7.55. The zero-order valence-electron chi connectivity index (χ0n) is 9.43. The summed E-state index contributed by atoms with van der Waals surface area (Å²) < 4.78 is 1.92. The van der Waals surface area contributed by atoms with E-state index in [0.29, 0.717) is 0 Å². The highest BCUT2D eigenvalue weighted by Crippen LogP contribution is 2.26. The molecule has 0 amide bonds. The molecular formula is C10H13N5S. The van der Waals surface area contributed by atoms with Crippen molar-refractivity contribution < 1.29 is 0 Å². The second kappa shape index (κ2) is 4.13. The van der Waals surface area contributed by atoms with Crippen molar-refractivity contribution in [3.05, 3.63) is 23.7 Å². The van der Waals surface area contributed by atoms with Gasteiger partial charge in [0.1, 0.15) is 10.9 Å². The van der Waals surface area contributed by atoms with Crippen LogP contribution in [0.2, 0.25) is 0 Å². The third kappa shape index (κ3) is 2.01. The smallest absolute Gasteiger partial charge is 0.197 e. The molecule has 2 rings (SSSR count). The highest BCUT2D eigenvalue weighted by molar-refractivity contribution is 7.99. The molecule has 16 heavy (non-hydrogen) atoms. The second-order valence-corrected chi connectivity index (χ2v) is 4.56. The summed E-state index contributed by atoms with van der Waals surface area (Å²) in [6.07, 6.45) is 1.76. The molecule has 0 saturated carbocycles. The van der Waals surface area contributed by atoms with Crippen molar-refractivity contribution in [3.8, 4) is 0 Å². The minimum Gasteiger partial charge on any atom is -0.398 e. The first-order valence-electron chi connectivity index (χ1n) is 4.84. The number of nitrogen functional groups attached to an aromatic ring is 1. The molecule has 2 aromatic heterocycles. The van der Waals surface area contributed by atoms with E-state index in [1.807, 2.05) is 31.5 Å². The summed E-state index contributed by atoms with van der Waals surface area (Å²) in [5.74, 6) is 0.877. The molecule has 0 saturated heterocycles. The zero-order valence-corrected chi connectivity index (χ0v) is 10.2. The molecule has 0 atom stereocenters. The van der Waals surface area contributed by atoms with Crippen molar-refractivity contribution in [2.24, 2.45) is 7.05 Å². The van der Waals surface area contributed by atoms with Gasteiger partial charge in [0.15, 0.2) is 5.16 Å². The number of aryl methyl sites for hydroxylation is 2. The predicted octanol–water partition coefficient (Wildman–Crippen LogP) is 1.56. The van der Waals surface area contributed by atoms with Crippen LogP contribution in [0.25, 0.3) is 0 Å². The molecule has 0 fully saturated rings. The van der Waals surface area contributed by atoms with E-state index in [4.69, 9.17) is 5.73 Å². The average Bonchev–Trinajstić information content (AvgIpc) is 2.55. The standard InChI is InChI=1S/C10H13N5S/c1-6-5-12-9(4-8(6)11)16-10-14-13-7(2)15(10)3/h4-5H,1-3H3,(H2,11,12). The molecule has 84 valence electrons. The Hall–Kier alpha value is -1.56. The number of nitrogens with zero attached hydrogens (tertiary/aromatic N) is 4. The van der Waals surface area contributed by atoms with E-state index >= 15 is 0 Å². The van der Waals surface area contributed by atoms with E-state index in [2.05, 4.69) is 15.2 Å². The number of pyridine rings is 1. The first-order chi connectivity index (χ1) is 7.58. The van der Waals surface area contributed by atoms with Crippen LogP contribution < -0.4 is 5.73 Å². The Morgan fingerprint density at radius 1 is 1.31 bits per heavy atom. The van der Waals surface area contributed by atoms with E-state index in [1.165, 1.54) is 11.8 Å². The third-order valence-electron chi connectivity index (χ3n) is 2.37. The molecule has 0 radical (unpaired) electrons. The molecule has 0 unspecified atom stereocenters. The van der Waals surface area contributed by atoms with Gasteiger partial charge in [-0.1, -0.05) is 0 Å². The fourth-order valence-corrected chi connectivity index (χ4v) is 1.97. The van der Waals surface area contributed by atoms with Gasteiger partial charge in [-0.2, -0.15) is 0 Å². The van der Waals surface area contributed by atoms with Crippen LogP contribution in [0.1, 0.15) is 11.4 Å². The Balaban J connectivity index is 2.27. The van der Waals surface area contributed by atoms with Gasteiger partial charge in [0, 0.05) is 18.9 Å². The van der Waals surface area contributed by atoms with Crippen LogP contribution in [0.3, 0.4) is 0 Å². The van der Waals surface area contributed by atoms with Crippen molar-refractivity contribution in [2.75, 3.05) is 5.73 Å². The summed E-state index contributed by atoms with van der Waals surface area (Å²) in [4.78, 5) is 4.29. The number of aromatic nitrogens is 4. The maximum Gasteiger partial charge on any atom is 0.197 e. The van der Waals surface area contributed by atoms with Crippen LogP contribution in [-0.4, -0.2) is 19.7 Å². The highest BCUT2D eigenvalue weighted by atomic mass is 32.2.